The molecule has 0 saturated carbocycles. The molecule has 1 saturated heterocycles. The number of fused-ring (bicyclic) bond motifs is 1. The smallest absolute Gasteiger partial charge is 0.270 e. The second-order valence-electron chi connectivity index (χ2n) is 8.72. The van der Waals surface area contributed by atoms with Crippen LogP contribution in [0.5, 0.6) is 17.2 Å². The fraction of sp³-hybridized carbons (Fsp3) is 0.129. The maximum Gasteiger partial charge on any atom is 0.270 e. The first-order chi connectivity index (χ1) is 19.0. The first-order valence-corrected chi connectivity index (χ1v) is 12.8. The summed E-state index contributed by atoms with van der Waals surface area (Å²) in [6, 6.07) is 26.4. The van der Waals surface area contributed by atoms with Gasteiger partial charge in [-0.2, -0.15) is 0 Å². The minimum Gasteiger partial charge on any atom is -0.497 e. The zero-order valence-electron chi connectivity index (χ0n) is 21.5. The highest BCUT2D eigenvalue weighted by molar-refractivity contribution is 7.80. The standard InChI is InChI=1S/C31H26N2O5S/c1-3-37-28-18-20(11-16-27(28)38-19-22-9-6-8-21-7-4-5-10-25(21)22)17-26-29(34)32-31(39)33(30(26)35)23-12-14-24(36-2)15-13-23/h4-18H,3,19H2,1-2H3,(H,32,34,39)/b26-17-. The van der Waals surface area contributed by atoms with Crippen LogP contribution in [0.2, 0.25) is 0 Å². The molecule has 2 amide bonds. The number of thiocarbonyl (C=S) groups is 1. The van der Waals surface area contributed by atoms with Crippen molar-refractivity contribution in [3.63, 3.8) is 0 Å². The third-order valence-electron chi connectivity index (χ3n) is 6.27. The molecule has 0 atom stereocenters. The molecule has 0 aliphatic carbocycles. The normalized spacial score (nSPS) is 14.5. The molecule has 0 unspecified atom stereocenters. The van der Waals surface area contributed by atoms with E-state index in [9.17, 15) is 9.59 Å². The van der Waals surface area contributed by atoms with Gasteiger partial charge in [0.1, 0.15) is 17.9 Å². The number of carbonyl (C=O) groups is 2. The van der Waals surface area contributed by atoms with E-state index in [1.54, 1.807) is 49.6 Å². The first kappa shape index (κ1) is 25.9. The van der Waals surface area contributed by atoms with Crippen LogP contribution in [0.1, 0.15) is 18.1 Å². The summed E-state index contributed by atoms with van der Waals surface area (Å²) in [5, 5.41) is 4.89. The summed E-state index contributed by atoms with van der Waals surface area (Å²) in [7, 11) is 1.56. The minimum atomic E-state index is -0.566. The number of anilines is 1. The number of hydrogen-bond acceptors (Lipinski definition) is 6. The number of nitrogens with one attached hydrogen (secondary N) is 1. The Balaban J connectivity index is 1.41. The van der Waals surface area contributed by atoms with Crippen LogP contribution in [0.15, 0.2) is 90.5 Å². The van der Waals surface area contributed by atoms with Crippen LogP contribution < -0.4 is 24.4 Å². The largest absolute Gasteiger partial charge is 0.497 e. The maximum atomic E-state index is 13.4. The average molecular weight is 539 g/mol. The molecular formula is C31H26N2O5S. The summed E-state index contributed by atoms with van der Waals surface area (Å²) in [6.45, 7) is 2.66. The Labute approximate surface area is 231 Å². The summed E-state index contributed by atoms with van der Waals surface area (Å²) < 4.78 is 17.2. The van der Waals surface area contributed by atoms with Gasteiger partial charge in [-0.1, -0.05) is 48.5 Å². The summed E-state index contributed by atoms with van der Waals surface area (Å²) in [4.78, 5) is 27.4. The van der Waals surface area contributed by atoms with Crippen molar-refractivity contribution >= 4 is 51.7 Å². The third kappa shape index (κ3) is 5.46. The lowest BCUT2D eigenvalue weighted by Gasteiger charge is -2.29. The van der Waals surface area contributed by atoms with Crippen molar-refractivity contribution in [3.05, 3.63) is 102 Å². The summed E-state index contributed by atoms with van der Waals surface area (Å²) in [6.07, 6.45) is 1.52. The fourth-order valence-electron chi connectivity index (χ4n) is 4.37. The zero-order valence-corrected chi connectivity index (χ0v) is 22.3. The van der Waals surface area contributed by atoms with Gasteiger partial charge >= 0.3 is 0 Å². The van der Waals surface area contributed by atoms with Gasteiger partial charge in [-0.3, -0.25) is 19.8 Å². The molecule has 8 heteroatoms. The highest BCUT2D eigenvalue weighted by Gasteiger charge is 2.34. The molecule has 0 radical (unpaired) electrons. The number of hydrogen-bond donors (Lipinski definition) is 1. The molecule has 0 bridgehead atoms. The van der Waals surface area contributed by atoms with Gasteiger partial charge in [0.05, 0.1) is 19.4 Å². The van der Waals surface area contributed by atoms with Gasteiger partial charge in [0.2, 0.25) is 0 Å². The zero-order chi connectivity index (χ0) is 27.4. The van der Waals surface area contributed by atoms with Crippen LogP contribution in [0.4, 0.5) is 5.69 Å². The van der Waals surface area contributed by atoms with Gasteiger partial charge in [0, 0.05) is 0 Å². The number of carbonyl (C=O) groups excluding carboxylic acids is 2. The molecule has 0 aromatic heterocycles. The lowest BCUT2D eigenvalue weighted by atomic mass is 10.1. The second-order valence-corrected chi connectivity index (χ2v) is 9.11. The molecule has 7 nitrogen and oxygen atoms in total. The number of methoxy groups -OCH3 is 1. The first-order valence-electron chi connectivity index (χ1n) is 12.4. The quantitative estimate of drug-likeness (QED) is 0.177. The lowest BCUT2D eigenvalue weighted by molar-refractivity contribution is -0.122. The second kappa shape index (κ2) is 11.4. The predicted octanol–water partition coefficient (Wildman–Crippen LogP) is 5.66. The highest BCUT2D eigenvalue weighted by atomic mass is 32.1. The number of ether oxygens (including phenoxy) is 3. The molecule has 39 heavy (non-hydrogen) atoms. The van der Waals surface area contributed by atoms with Crippen molar-refractivity contribution in [2.45, 2.75) is 13.5 Å². The third-order valence-corrected chi connectivity index (χ3v) is 6.56. The van der Waals surface area contributed by atoms with Crippen molar-refractivity contribution in [2.24, 2.45) is 0 Å². The SMILES string of the molecule is CCOc1cc(/C=C2/C(=O)NC(=S)N(c3ccc(OC)cc3)C2=O)ccc1OCc1cccc2ccccc12. The molecule has 1 aliphatic heterocycles. The minimum absolute atomic E-state index is 0.0134. The van der Waals surface area contributed by atoms with Crippen molar-refractivity contribution in [1.29, 1.82) is 0 Å². The van der Waals surface area contributed by atoms with E-state index in [1.165, 1.54) is 11.0 Å². The molecule has 1 fully saturated rings. The van der Waals surface area contributed by atoms with E-state index in [1.807, 2.05) is 31.2 Å². The molecule has 196 valence electrons. The van der Waals surface area contributed by atoms with E-state index in [0.29, 0.717) is 41.7 Å². The van der Waals surface area contributed by atoms with Gasteiger partial charge in [-0.15, -0.1) is 0 Å². The van der Waals surface area contributed by atoms with E-state index < -0.39 is 11.8 Å². The van der Waals surface area contributed by atoms with Crippen molar-refractivity contribution < 1.29 is 23.8 Å². The number of nitrogens with zero attached hydrogens (tertiary/aromatic N) is 1. The molecule has 1 N–H and O–H groups in total. The van der Waals surface area contributed by atoms with Crippen molar-refractivity contribution in [1.82, 2.24) is 5.32 Å². The van der Waals surface area contributed by atoms with Gasteiger partial charge in [-0.05, 0) is 83.5 Å². The van der Waals surface area contributed by atoms with Crippen molar-refractivity contribution in [3.8, 4) is 17.2 Å². The van der Waals surface area contributed by atoms with E-state index in [0.717, 1.165) is 16.3 Å². The lowest BCUT2D eigenvalue weighted by Crippen LogP contribution is -2.54. The Morgan fingerprint density at radius 3 is 2.44 bits per heavy atom. The van der Waals surface area contributed by atoms with Crippen LogP contribution in [-0.4, -0.2) is 30.6 Å². The molecular weight excluding hydrogens is 512 g/mol. The van der Waals surface area contributed by atoms with Crippen LogP contribution in [-0.2, 0) is 16.2 Å². The summed E-state index contributed by atoms with van der Waals surface area (Å²) >= 11 is 5.29. The van der Waals surface area contributed by atoms with Crippen LogP contribution in [0.25, 0.3) is 16.8 Å². The van der Waals surface area contributed by atoms with E-state index in [4.69, 9.17) is 26.4 Å². The molecule has 1 heterocycles. The average Bonchev–Trinajstić information content (AvgIpc) is 2.95. The maximum absolute atomic E-state index is 13.4. The topological polar surface area (TPSA) is 77.1 Å². The molecule has 0 spiro atoms. The van der Waals surface area contributed by atoms with E-state index in [-0.39, 0.29) is 10.7 Å². The monoisotopic (exact) mass is 538 g/mol. The van der Waals surface area contributed by atoms with Crippen molar-refractivity contribution in [2.75, 3.05) is 18.6 Å². The van der Waals surface area contributed by atoms with Gasteiger partial charge in [0.15, 0.2) is 16.6 Å². The van der Waals surface area contributed by atoms with Crippen LogP contribution in [0, 0.1) is 0 Å². The number of rotatable bonds is 8. The van der Waals surface area contributed by atoms with Gasteiger partial charge in [0.25, 0.3) is 11.8 Å². The molecule has 4 aromatic rings. The summed E-state index contributed by atoms with van der Waals surface area (Å²) in [5.74, 6) is 0.623. The van der Waals surface area contributed by atoms with Crippen LogP contribution in [0.3, 0.4) is 0 Å². The van der Waals surface area contributed by atoms with E-state index >= 15 is 0 Å². The molecule has 1 aliphatic rings. The predicted molar refractivity (Wildman–Crippen MR) is 155 cm³/mol. The Morgan fingerprint density at radius 1 is 0.897 bits per heavy atom. The summed E-state index contributed by atoms with van der Waals surface area (Å²) in [5.41, 5.74) is 2.13. The van der Waals surface area contributed by atoms with Gasteiger partial charge < -0.3 is 14.2 Å². The van der Waals surface area contributed by atoms with Gasteiger partial charge in [-0.25, -0.2) is 0 Å². The van der Waals surface area contributed by atoms with E-state index in [2.05, 4.69) is 23.5 Å². The molecule has 4 aromatic carbocycles. The Morgan fingerprint density at radius 2 is 1.67 bits per heavy atom. The fourth-order valence-corrected chi connectivity index (χ4v) is 4.65. The highest BCUT2D eigenvalue weighted by Crippen LogP contribution is 2.32. The van der Waals surface area contributed by atoms with Crippen LogP contribution >= 0.6 is 12.2 Å². The number of amides is 2. The molecule has 5 rings (SSSR count). The Hall–Kier alpha value is -4.69. The Kier molecular flexibility index (Phi) is 7.56. The Bertz CT molecular complexity index is 1590. The number of benzene rings is 4.